The smallest absolute Gasteiger partial charge is 0.305 e. The molecule has 0 rings (SSSR count). The van der Waals surface area contributed by atoms with E-state index in [1.165, 1.54) is 0 Å². The average molecular weight is 260 g/mol. The molecular formula is C14H28O4. The molecule has 18 heavy (non-hydrogen) atoms. The van der Waals surface area contributed by atoms with E-state index in [1.54, 1.807) is 0 Å². The molecule has 0 fully saturated rings. The minimum Gasteiger partial charge on any atom is -0.463 e. The molecule has 0 saturated heterocycles. The number of rotatable bonds is 8. The third-order valence-corrected chi connectivity index (χ3v) is 2.10. The van der Waals surface area contributed by atoms with Crippen LogP contribution in [0.5, 0.6) is 0 Å². The van der Waals surface area contributed by atoms with Crippen LogP contribution in [0.25, 0.3) is 0 Å². The van der Waals surface area contributed by atoms with E-state index in [4.69, 9.17) is 14.2 Å². The summed E-state index contributed by atoms with van der Waals surface area (Å²) < 4.78 is 16.4. The zero-order valence-electron chi connectivity index (χ0n) is 12.6. The fraction of sp³-hybridized carbons (Fsp3) is 0.929. The highest BCUT2D eigenvalue weighted by Crippen LogP contribution is 2.11. The number of hydrogen-bond donors (Lipinski definition) is 0. The monoisotopic (exact) mass is 260 g/mol. The lowest BCUT2D eigenvalue weighted by Crippen LogP contribution is -2.30. The van der Waals surface area contributed by atoms with Crippen LogP contribution in [-0.4, -0.2) is 37.0 Å². The van der Waals surface area contributed by atoms with E-state index in [0.717, 1.165) is 6.42 Å². The summed E-state index contributed by atoms with van der Waals surface area (Å²) in [6, 6.07) is 0. The van der Waals surface area contributed by atoms with Gasteiger partial charge >= 0.3 is 5.97 Å². The van der Waals surface area contributed by atoms with E-state index < -0.39 is 0 Å². The van der Waals surface area contributed by atoms with Gasteiger partial charge in [-0.05, 0) is 41.0 Å². The summed E-state index contributed by atoms with van der Waals surface area (Å²) in [5, 5.41) is 0. The SMILES string of the molecule is CCCC(=O)OCC(C)OCC(C)OC(C)(C)C. The van der Waals surface area contributed by atoms with E-state index in [0.29, 0.717) is 19.6 Å². The molecule has 4 nitrogen and oxygen atoms in total. The summed E-state index contributed by atoms with van der Waals surface area (Å²) in [5.74, 6) is -0.160. The van der Waals surface area contributed by atoms with Crippen molar-refractivity contribution in [3.8, 4) is 0 Å². The van der Waals surface area contributed by atoms with Crippen molar-refractivity contribution in [1.29, 1.82) is 0 Å². The van der Waals surface area contributed by atoms with Gasteiger partial charge in [-0.15, -0.1) is 0 Å². The maximum Gasteiger partial charge on any atom is 0.305 e. The molecule has 0 radical (unpaired) electrons. The van der Waals surface area contributed by atoms with Crippen molar-refractivity contribution in [2.45, 2.75) is 72.2 Å². The molecule has 0 spiro atoms. The Morgan fingerprint density at radius 2 is 1.72 bits per heavy atom. The first kappa shape index (κ1) is 17.4. The van der Waals surface area contributed by atoms with Gasteiger partial charge in [-0.25, -0.2) is 0 Å². The zero-order chi connectivity index (χ0) is 14.2. The largest absolute Gasteiger partial charge is 0.463 e. The normalized spacial score (nSPS) is 15.2. The topological polar surface area (TPSA) is 44.8 Å². The Balaban J connectivity index is 3.70. The van der Waals surface area contributed by atoms with Crippen LogP contribution in [0.1, 0.15) is 54.4 Å². The number of carbonyl (C=O) groups is 1. The van der Waals surface area contributed by atoms with Crippen LogP contribution in [0, 0.1) is 0 Å². The third kappa shape index (κ3) is 10.5. The Morgan fingerprint density at radius 1 is 1.11 bits per heavy atom. The van der Waals surface area contributed by atoms with E-state index in [2.05, 4.69) is 0 Å². The quantitative estimate of drug-likeness (QED) is 0.629. The summed E-state index contributed by atoms with van der Waals surface area (Å²) in [4.78, 5) is 11.2. The first-order valence-corrected chi connectivity index (χ1v) is 6.69. The Kier molecular flexibility index (Phi) is 8.20. The molecule has 0 aromatic heterocycles. The van der Waals surface area contributed by atoms with Gasteiger partial charge < -0.3 is 14.2 Å². The van der Waals surface area contributed by atoms with Gasteiger partial charge in [0.1, 0.15) is 6.61 Å². The number of esters is 1. The molecule has 2 unspecified atom stereocenters. The summed E-state index contributed by atoms with van der Waals surface area (Å²) in [7, 11) is 0. The highest BCUT2D eigenvalue weighted by molar-refractivity contribution is 5.69. The molecular weight excluding hydrogens is 232 g/mol. The lowest BCUT2D eigenvalue weighted by molar-refractivity contribution is -0.149. The number of ether oxygens (including phenoxy) is 3. The van der Waals surface area contributed by atoms with Crippen molar-refractivity contribution in [3.05, 3.63) is 0 Å². The number of carbonyl (C=O) groups excluding carboxylic acids is 1. The average Bonchev–Trinajstić information content (AvgIpc) is 2.21. The molecule has 0 aromatic carbocycles. The van der Waals surface area contributed by atoms with Gasteiger partial charge in [-0.3, -0.25) is 4.79 Å². The van der Waals surface area contributed by atoms with Gasteiger partial charge in [-0.1, -0.05) is 6.92 Å². The highest BCUT2D eigenvalue weighted by Gasteiger charge is 2.16. The van der Waals surface area contributed by atoms with Crippen molar-refractivity contribution >= 4 is 5.97 Å². The lowest BCUT2D eigenvalue weighted by atomic mass is 10.2. The third-order valence-electron chi connectivity index (χ3n) is 2.10. The van der Waals surface area contributed by atoms with Crippen LogP contribution in [-0.2, 0) is 19.0 Å². The first-order valence-electron chi connectivity index (χ1n) is 6.69. The molecule has 2 atom stereocenters. The Hall–Kier alpha value is -0.610. The van der Waals surface area contributed by atoms with Crippen LogP contribution in [0.3, 0.4) is 0 Å². The molecule has 0 aliphatic rings. The molecule has 4 heteroatoms. The van der Waals surface area contributed by atoms with E-state index in [9.17, 15) is 4.79 Å². The summed E-state index contributed by atoms with van der Waals surface area (Å²) >= 11 is 0. The lowest BCUT2D eigenvalue weighted by Gasteiger charge is -2.26. The van der Waals surface area contributed by atoms with E-state index in [1.807, 2.05) is 41.5 Å². The Labute approximate surface area is 111 Å². The molecule has 0 heterocycles. The van der Waals surface area contributed by atoms with Gasteiger partial charge in [0, 0.05) is 6.42 Å². The molecule has 0 saturated carbocycles. The first-order chi connectivity index (χ1) is 8.24. The van der Waals surface area contributed by atoms with Crippen LogP contribution in [0.4, 0.5) is 0 Å². The van der Waals surface area contributed by atoms with Crippen molar-refractivity contribution in [1.82, 2.24) is 0 Å². The predicted octanol–water partition coefficient (Wildman–Crippen LogP) is 2.94. The van der Waals surface area contributed by atoms with E-state index >= 15 is 0 Å². The fourth-order valence-corrected chi connectivity index (χ4v) is 1.47. The van der Waals surface area contributed by atoms with Crippen molar-refractivity contribution in [3.63, 3.8) is 0 Å². The second-order valence-corrected chi connectivity index (χ2v) is 5.62. The highest BCUT2D eigenvalue weighted by atomic mass is 16.6. The van der Waals surface area contributed by atoms with Crippen molar-refractivity contribution in [2.24, 2.45) is 0 Å². The molecule has 0 bridgehead atoms. The van der Waals surface area contributed by atoms with Gasteiger partial charge in [-0.2, -0.15) is 0 Å². The standard InChI is InChI=1S/C14H28O4/c1-7-8-13(15)17-9-11(2)16-10-12(3)18-14(4,5)6/h11-12H,7-10H2,1-6H3. The van der Waals surface area contributed by atoms with Crippen LogP contribution in [0.15, 0.2) is 0 Å². The molecule has 0 N–H and O–H groups in total. The van der Waals surface area contributed by atoms with Crippen molar-refractivity contribution in [2.75, 3.05) is 13.2 Å². The number of hydrogen-bond acceptors (Lipinski definition) is 4. The minimum absolute atomic E-state index is 0.0267. The Morgan fingerprint density at radius 3 is 2.22 bits per heavy atom. The van der Waals surface area contributed by atoms with Gasteiger partial charge in [0.05, 0.1) is 24.4 Å². The fourth-order valence-electron chi connectivity index (χ4n) is 1.47. The predicted molar refractivity (Wildman–Crippen MR) is 71.6 cm³/mol. The zero-order valence-corrected chi connectivity index (χ0v) is 12.6. The second-order valence-electron chi connectivity index (χ2n) is 5.62. The summed E-state index contributed by atoms with van der Waals surface area (Å²) in [5.41, 5.74) is -0.167. The summed E-state index contributed by atoms with van der Waals surface area (Å²) in [6.07, 6.45) is 1.21. The Bertz CT molecular complexity index is 232. The van der Waals surface area contributed by atoms with Crippen molar-refractivity contribution < 1.29 is 19.0 Å². The van der Waals surface area contributed by atoms with Gasteiger partial charge in [0.2, 0.25) is 0 Å². The second kappa shape index (κ2) is 8.48. The maximum absolute atomic E-state index is 11.2. The van der Waals surface area contributed by atoms with Crippen LogP contribution >= 0.6 is 0 Å². The molecule has 108 valence electrons. The molecule has 0 amide bonds. The van der Waals surface area contributed by atoms with Gasteiger partial charge in [0.25, 0.3) is 0 Å². The minimum atomic E-state index is -0.167. The van der Waals surface area contributed by atoms with Crippen LogP contribution < -0.4 is 0 Å². The molecule has 0 aliphatic carbocycles. The molecule has 0 aromatic rings. The van der Waals surface area contributed by atoms with E-state index in [-0.39, 0.29) is 23.8 Å². The maximum atomic E-state index is 11.2. The van der Waals surface area contributed by atoms with Crippen LogP contribution in [0.2, 0.25) is 0 Å². The molecule has 0 aliphatic heterocycles. The summed E-state index contributed by atoms with van der Waals surface area (Å²) in [6.45, 7) is 12.7. The van der Waals surface area contributed by atoms with Gasteiger partial charge in [0.15, 0.2) is 0 Å².